The number of halogens is 1. The minimum atomic E-state index is -3.99. The number of sulfone groups is 1. The quantitative estimate of drug-likeness (QED) is 0.375. The highest BCUT2D eigenvalue weighted by Gasteiger charge is 2.30. The molecule has 3 aromatic rings. The van der Waals surface area contributed by atoms with E-state index in [1.54, 1.807) is 33.9 Å². The zero-order chi connectivity index (χ0) is 26.6. The third-order valence-corrected chi connectivity index (χ3v) is 7.78. The lowest BCUT2D eigenvalue weighted by atomic mass is 9.91. The van der Waals surface area contributed by atoms with Crippen LogP contribution in [0.1, 0.15) is 57.1 Å². The molecule has 1 aliphatic rings. The highest BCUT2D eigenvalue weighted by Crippen LogP contribution is 2.26. The van der Waals surface area contributed by atoms with Crippen molar-refractivity contribution in [3.05, 3.63) is 71.7 Å². The van der Waals surface area contributed by atoms with E-state index in [-0.39, 0.29) is 47.8 Å². The fourth-order valence-corrected chi connectivity index (χ4v) is 5.94. The van der Waals surface area contributed by atoms with Crippen LogP contribution in [0.25, 0.3) is 0 Å². The molecule has 4 rings (SSSR count). The summed E-state index contributed by atoms with van der Waals surface area (Å²) in [7, 11) is -3.99. The summed E-state index contributed by atoms with van der Waals surface area (Å²) in [5, 5.41) is -0.150. The number of rotatable bonds is 10. The minimum absolute atomic E-state index is 0.0791. The smallest absolute Gasteiger partial charge is 0.228 e. The first kappa shape index (κ1) is 27.1. The Morgan fingerprint density at radius 2 is 1.97 bits per heavy atom. The van der Waals surface area contributed by atoms with Crippen LogP contribution in [0.3, 0.4) is 0 Å². The molecule has 37 heavy (non-hydrogen) atoms. The summed E-state index contributed by atoms with van der Waals surface area (Å²) in [6.07, 6.45) is 4.87. The molecule has 0 saturated carbocycles. The molecule has 0 spiro atoms. The Morgan fingerprint density at radius 3 is 2.62 bits per heavy atom. The van der Waals surface area contributed by atoms with Gasteiger partial charge < -0.3 is 18.6 Å². The summed E-state index contributed by atoms with van der Waals surface area (Å²) in [5.41, 5.74) is 0.414. The van der Waals surface area contributed by atoms with Crippen LogP contribution in [-0.2, 0) is 44.8 Å². The topological polar surface area (TPSA) is 94.6 Å². The number of hydrogen-bond donors (Lipinski definition) is 0. The van der Waals surface area contributed by atoms with Gasteiger partial charge in [-0.05, 0) is 36.5 Å². The summed E-state index contributed by atoms with van der Waals surface area (Å²) < 4.78 is 54.1. The van der Waals surface area contributed by atoms with Gasteiger partial charge in [0, 0.05) is 18.6 Å². The molecule has 10 heteroatoms. The van der Waals surface area contributed by atoms with Gasteiger partial charge in [-0.2, -0.15) is 0 Å². The van der Waals surface area contributed by atoms with Crippen molar-refractivity contribution in [2.24, 2.45) is 5.41 Å². The second kappa shape index (κ2) is 11.2. The van der Waals surface area contributed by atoms with Gasteiger partial charge in [0.05, 0.1) is 49.6 Å². The van der Waals surface area contributed by atoms with Crippen molar-refractivity contribution in [3.63, 3.8) is 0 Å². The van der Waals surface area contributed by atoms with Crippen molar-refractivity contribution in [2.75, 3.05) is 6.61 Å². The Bertz CT molecular complexity index is 1310. The van der Waals surface area contributed by atoms with Crippen molar-refractivity contribution in [1.82, 2.24) is 14.5 Å². The molecule has 3 heterocycles. The van der Waals surface area contributed by atoms with Gasteiger partial charge in [0.2, 0.25) is 20.9 Å². The van der Waals surface area contributed by atoms with Crippen LogP contribution in [-0.4, -0.2) is 41.5 Å². The Labute approximate surface area is 217 Å². The van der Waals surface area contributed by atoms with Gasteiger partial charge in [0.1, 0.15) is 11.6 Å². The Balaban J connectivity index is 1.67. The third-order valence-electron chi connectivity index (χ3n) is 6.21. The predicted octanol–water partition coefficient (Wildman–Crippen LogP) is 4.73. The van der Waals surface area contributed by atoms with E-state index in [4.69, 9.17) is 9.15 Å². The molecule has 1 aromatic carbocycles. The molecular formula is C27H34FN3O5S. The van der Waals surface area contributed by atoms with Crippen molar-refractivity contribution < 1.29 is 26.8 Å². The third kappa shape index (κ3) is 7.07. The van der Waals surface area contributed by atoms with Gasteiger partial charge in [-0.25, -0.2) is 17.8 Å². The number of carbonyl (C=O) groups is 1. The molecule has 0 N–H and O–H groups in total. The first-order valence-electron chi connectivity index (χ1n) is 12.4. The lowest BCUT2D eigenvalue weighted by molar-refractivity contribution is -0.134. The van der Waals surface area contributed by atoms with Crippen LogP contribution in [0.15, 0.2) is 58.4 Å². The molecule has 8 nitrogen and oxygen atoms in total. The number of benzene rings is 1. The summed E-state index contributed by atoms with van der Waals surface area (Å²) in [5.74, 6) is -0.550. The zero-order valence-corrected chi connectivity index (χ0v) is 22.3. The lowest BCUT2D eigenvalue weighted by Gasteiger charge is -2.27. The van der Waals surface area contributed by atoms with Crippen LogP contribution in [0.2, 0.25) is 0 Å². The number of ether oxygens (including phenoxy) is 1. The van der Waals surface area contributed by atoms with Gasteiger partial charge in [0.15, 0.2) is 0 Å². The van der Waals surface area contributed by atoms with Crippen molar-refractivity contribution >= 4 is 15.7 Å². The van der Waals surface area contributed by atoms with E-state index >= 15 is 0 Å². The second-order valence-corrected chi connectivity index (χ2v) is 12.6. The second-order valence-electron chi connectivity index (χ2n) is 10.7. The fourth-order valence-electron chi connectivity index (χ4n) is 4.42. The molecule has 0 aliphatic carbocycles. The summed E-state index contributed by atoms with van der Waals surface area (Å²) in [6.45, 7) is 7.25. The fraction of sp³-hybridized carbons (Fsp3) is 0.481. The Kier molecular flexibility index (Phi) is 8.18. The molecule has 2 aromatic heterocycles. The minimum Gasteiger partial charge on any atom is -0.467 e. The van der Waals surface area contributed by atoms with Gasteiger partial charge in [0.25, 0.3) is 0 Å². The predicted molar refractivity (Wildman–Crippen MR) is 136 cm³/mol. The van der Waals surface area contributed by atoms with Gasteiger partial charge in [-0.3, -0.25) is 4.79 Å². The van der Waals surface area contributed by atoms with E-state index in [0.717, 1.165) is 12.8 Å². The molecule has 1 unspecified atom stereocenters. The van der Waals surface area contributed by atoms with Crippen LogP contribution in [0.5, 0.6) is 0 Å². The molecule has 1 fully saturated rings. The average Bonchev–Trinajstić information content (AvgIpc) is 3.57. The number of imidazole rings is 1. The number of amides is 1. The number of nitrogens with zero attached hydrogens (tertiary/aromatic N) is 3. The molecule has 1 atom stereocenters. The van der Waals surface area contributed by atoms with Gasteiger partial charge >= 0.3 is 0 Å². The van der Waals surface area contributed by atoms with Crippen LogP contribution < -0.4 is 0 Å². The highest BCUT2D eigenvalue weighted by atomic mass is 32.2. The highest BCUT2D eigenvalue weighted by molar-refractivity contribution is 7.90. The first-order chi connectivity index (χ1) is 17.5. The SMILES string of the molecule is CC(C)(C)CC(=O)N(Cc1ccco1)Cc1cnc(S(=O)(=O)Cc2ccccc2F)n1CC1CCCO1. The Morgan fingerprint density at radius 1 is 1.19 bits per heavy atom. The summed E-state index contributed by atoms with van der Waals surface area (Å²) in [6, 6.07) is 9.37. The molecule has 1 amide bonds. The van der Waals surface area contributed by atoms with E-state index in [0.29, 0.717) is 24.5 Å². The largest absolute Gasteiger partial charge is 0.467 e. The molecule has 1 saturated heterocycles. The maximum Gasteiger partial charge on any atom is 0.228 e. The molecule has 1 aliphatic heterocycles. The van der Waals surface area contributed by atoms with E-state index in [9.17, 15) is 17.6 Å². The number of furan rings is 1. The Hall–Kier alpha value is -2.98. The van der Waals surface area contributed by atoms with Crippen LogP contribution in [0.4, 0.5) is 4.39 Å². The maximum atomic E-state index is 14.3. The lowest BCUT2D eigenvalue weighted by Crippen LogP contribution is -2.34. The van der Waals surface area contributed by atoms with Crippen molar-refractivity contribution in [3.8, 4) is 0 Å². The van der Waals surface area contributed by atoms with Gasteiger partial charge in [-0.1, -0.05) is 39.0 Å². The summed E-state index contributed by atoms with van der Waals surface area (Å²) in [4.78, 5) is 19.2. The normalized spacial score (nSPS) is 16.3. The van der Waals surface area contributed by atoms with Gasteiger partial charge in [-0.15, -0.1) is 0 Å². The number of aromatic nitrogens is 2. The van der Waals surface area contributed by atoms with Crippen molar-refractivity contribution in [1.29, 1.82) is 0 Å². The monoisotopic (exact) mass is 531 g/mol. The van der Waals surface area contributed by atoms with Crippen LogP contribution in [0, 0.1) is 11.2 Å². The van der Waals surface area contributed by atoms with Crippen LogP contribution >= 0.6 is 0 Å². The van der Waals surface area contributed by atoms with E-state index in [1.165, 1.54) is 24.4 Å². The first-order valence-corrected chi connectivity index (χ1v) is 14.1. The van der Waals surface area contributed by atoms with E-state index in [2.05, 4.69) is 4.98 Å². The van der Waals surface area contributed by atoms with E-state index < -0.39 is 21.4 Å². The zero-order valence-electron chi connectivity index (χ0n) is 21.5. The molecule has 0 bridgehead atoms. The number of carbonyl (C=O) groups excluding carboxylic acids is 1. The molecule has 0 radical (unpaired) electrons. The van der Waals surface area contributed by atoms with E-state index in [1.807, 2.05) is 20.8 Å². The standard InChI is InChI=1S/C27H34FN3O5S/c1-27(2,3)14-25(32)30(17-22-9-6-12-35-22)16-21-15-29-26(31(21)18-23-10-7-13-36-23)37(33,34)19-20-8-4-5-11-24(20)28/h4-6,8-9,11-12,15,23H,7,10,13-14,16-19H2,1-3H3. The molecular weight excluding hydrogens is 497 g/mol. The average molecular weight is 532 g/mol. The molecule has 200 valence electrons. The maximum absolute atomic E-state index is 14.3. The summed E-state index contributed by atoms with van der Waals surface area (Å²) >= 11 is 0. The number of hydrogen-bond acceptors (Lipinski definition) is 6. The van der Waals surface area contributed by atoms with Crippen molar-refractivity contribution in [2.45, 2.75) is 76.7 Å².